The number of fused-ring (bicyclic) bond motifs is 2. The van der Waals surface area contributed by atoms with Crippen LogP contribution < -0.4 is 14.8 Å². The first-order valence-electron chi connectivity index (χ1n) is 9.73. The SMILES string of the molecule is Cl.N#Cc1c(NC(=O)c2ccc3c(c2)OCO3)sc2c1CCN(Cc1ccccc1)C2. The van der Waals surface area contributed by atoms with Crippen LogP contribution in [-0.4, -0.2) is 24.1 Å². The van der Waals surface area contributed by atoms with Gasteiger partial charge in [0.05, 0.1) is 5.56 Å². The number of thiophene rings is 1. The van der Waals surface area contributed by atoms with Crippen molar-refractivity contribution in [3.8, 4) is 17.6 Å². The fourth-order valence-corrected chi connectivity index (χ4v) is 5.09. The fourth-order valence-electron chi connectivity index (χ4n) is 3.85. The topological polar surface area (TPSA) is 74.6 Å². The van der Waals surface area contributed by atoms with Crippen molar-refractivity contribution in [1.29, 1.82) is 5.26 Å². The molecule has 0 saturated carbocycles. The standard InChI is InChI=1S/C23H19N3O3S.ClH/c24-11-18-17-8-9-26(12-15-4-2-1-3-5-15)13-21(17)30-23(18)25-22(27)16-6-7-19-20(10-16)29-14-28-19;/h1-7,10H,8-9,12-14H2,(H,25,27);1H. The lowest BCUT2D eigenvalue weighted by atomic mass is 10.0. The Bertz CT molecular complexity index is 1160. The Balaban J connectivity index is 0.00000231. The number of rotatable bonds is 4. The van der Waals surface area contributed by atoms with Crippen LogP contribution in [-0.2, 0) is 19.5 Å². The van der Waals surface area contributed by atoms with Gasteiger partial charge in [-0.1, -0.05) is 30.3 Å². The van der Waals surface area contributed by atoms with Gasteiger partial charge < -0.3 is 14.8 Å². The van der Waals surface area contributed by atoms with Crippen molar-refractivity contribution in [2.75, 3.05) is 18.7 Å². The summed E-state index contributed by atoms with van der Waals surface area (Å²) < 4.78 is 10.6. The van der Waals surface area contributed by atoms with E-state index in [2.05, 4.69) is 28.4 Å². The van der Waals surface area contributed by atoms with Crippen LogP contribution in [0.4, 0.5) is 5.00 Å². The number of carbonyl (C=O) groups is 1. The summed E-state index contributed by atoms with van der Waals surface area (Å²) in [6.45, 7) is 2.71. The van der Waals surface area contributed by atoms with E-state index in [0.717, 1.165) is 36.5 Å². The molecule has 5 rings (SSSR count). The van der Waals surface area contributed by atoms with Crippen molar-refractivity contribution in [3.63, 3.8) is 0 Å². The van der Waals surface area contributed by atoms with Crippen molar-refractivity contribution in [3.05, 3.63) is 75.7 Å². The summed E-state index contributed by atoms with van der Waals surface area (Å²) in [6, 6.07) is 17.8. The van der Waals surface area contributed by atoms with E-state index in [1.54, 1.807) is 18.2 Å². The van der Waals surface area contributed by atoms with E-state index in [-0.39, 0.29) is 25.1 Å². The predicted molar refractivity (Wildman–Crippen MR) is 121 cm³/mol. The summed E-state index contributed by atoms with van der Waals surface area (Å²) in [4.78, 5) is 16.3. The number of amides is 1. The lowest BCUT2D eigenvalue weighted by Crippen LogP contribution is -2.29. The number of nitriles is 1. The van der Waals surface area contributed by atoms with E-state index in [4.69, 9.17) is 9.47 Å². The van der Waals surface area contributed by atoms with Gasteiger partial charge in [-0.15, -0.1) is 23.7 Å². The van der Waals surface area contributed by atoms with Gasteiger partial charge >= 0.3 is 0 Å². The monoisotopic (exact) mass is 453 g/mol. The van der Waals surface area contributed by atoms with Gasteiger partial charge in [0.2, 0.25) is 6.79 Å². The van der Waals surface area contributed by atoms with Crippen LogP contribution in [0.1, 0.15) is 31.9 Å². The summed E-state index contributed by atoms with van der Waals surface area (Å²) in [6.07, 6.45) is 0.807. The average molecular weight is 454 g/mol. The van der Waals surface area contributed by atoms with Gasteiger partial charge in [-0.25, -0.2) is 0 Å². The zero-order valence-corrected chi connectivity index (χ0v) is 18.2. The molecule has 8 heteroatoms. The van der Waals surface area contributed by atoms with Crippen LogP contribution in [0, 0.1) is 11.3 Å². The largest absolute Gasteiger partial charge is 0.454 e. The third-order valence-electron chi connectivity index (χ3n) is 5.36. The van der Waals surface area contributed by atoms with Crippen LogP contribution in [0.2, 0.25) is 0 Å². The van der Waals surface area contributed by atoms with Crippen LogP contribution in [0.3, 0.4) is 0 Å². The molecule has 1 N–H and O–H groups in total. The predicted octanol–water partition coefficient (Wildman–Crippen LogP) is 4.58. The number of ether oxygens (including phenoxy) is 2. The molecule has 2 aliphatic heterocycles. The van der Waals surface area contributed by atoms with Gasteiger partial charge in [-0.3, -0.25) is 9.69 Å². The van der Waals surface area contributed by atoms with Crippen LogP contribution in [0.15, 0.2) is 48.5 Å². The number of nitrogens with one attached hydrogen (secondary N) is 1. The van der Waals surface area contributed by atoms with E-state index >= 15 is 0 Å². The Kier molecular flexibility index (Phi) is 6.14. The molecule has 3 heterocycles. The highest BCUT2D eigenvalue weighted by Crippen LogP contribution is 2.38. The molecule has 0 atom stereocenters. The molecule has 0 spiro atoms. The minimum Gasteiger partial charge on any atom is -0.454 e. The van der Waals surface area contributed by atoms with Crippen molar-refractivity contribution < 1.29 is 14.3 Å². The smallest absolute Gasteiger partial charge is 0.256 e. The number of carbonyl (C=O) groups excluding carboxylic acids is 1. The first kappa shape index (κ1) is 21.2. The second-order valence-corrected chi connectivity index (χ2v) is 8.39. The Morgan fingerprint density at radius 1 is 1.16 bits per heavy atom. The molecule has 2 aromatic carbocycles. The molecule has 3 aromatic rings. The lowest BCUT2D eigenvalue weighted by molar-refractivity contribution is 0.102. The molecule has 0 bridgehead atoms. The van der Waals surface area contributed by atoms with E-state index in [1.165, 1.54) is 16.9 Å². The van der Waals surface area contributed by atoms with E-state index < -0.39 is 0 Å². The number of nitrogens with zero attached hydrogens (tertiary/aromatic N) is 2. The molecule has 0 radical (unpaired) electrons. The highest BCUT2D eigenvalue weighted by Gasteiger charge is 2.26. The van der Waals surface area contributed by atoms with Crippen molar-refractivity contribution in [2.45, 2.75) is 19.5 Å². The summed E-state index contributed by atoms with van der Waals surface area (Å²) in [7, 11) is 0. The zero-order valence-electron chi connectivity index (χ0n) is 16.6. The average Bonchev–Trinajstić information content (AvgIpc) is 3.37. The molecule has 31 heavy (non-hydrogen) atoms. The number of anilines is 1. The third-order valence-corrected chi connectivity index (χ3v) is 6.49. The maximum absolute atomic E-state index is 12.8. The first-order valence-corrected chi connectivity index (χ1v) is 10.5. The molecular weight excluding hydrogens is 434 g/mol. The summed E-state index contributed by atoms with van der Waals surface area (Å²) in [5, 5.41) is 13.3. The van der Waals surface area contributed by atoms with Gasteiger partial charge in [-0.05, 0) is 35.7 Å². The van der Waals surface area contributed by atoms with Crippen LogP contribution in [0.25, 0.3) is 0 Å². The Morgan fingerprint density at radius 2 is 1.97 bits per heavy atom. The highest BCUT2D eigenvalue weighted by molar-refractivity contribution is 7.16. The van der Waals surface area contributed by atoms with Crippen molar-refractivity contribution >= 4 is 34.7 Å². The Hall–Kier alpha value is -3.05. The van der Waals surface area contributed by atoms with E-state index in [0.29, 0.717) is 27.6 Å². The molecule has 0 saturated heterocycles. The first-order chi connectivity index (χ1) is 14.7. The maximum Gasteiger partial charge on any atom is 0.256 e. The Morgan fingerprint density at radius 3 is 2.77 bits per heavy atom. The van der Waals surface area contributed by atoms with Crippen LogP contribution in [0.5, 0.6) is 11.5 Å². The summed E-state index contributed by atoms with van der Waals surface area (Å²) in [5.74, 6) is 0.934. The molecule has 2 aliphatic rings. The van der Waals surface area contributed by atoms with E-state index in [9.17, 15) is 10.1 Å². The van der Waals surface area contributed by atoms with Crippen LogP contribution >= 0.6 is 23.7 Å². The Labute approximate surface area is 190 Å². The number of hydrogen-bond acceptors (Lipinski definition) is 6. The summed E-state index contributed by atoms with van der Waals surface area (Å²) in [5.41, 5.74) is 3.39. The van der Waals surface area contributed by atoms with Gasteiger partial charge in [0, 0.05) is 30.1 Å². The molecular formula is C23H20ClN3O3S. The molecule has 0 fully saturated rings. The lowest BCUT2D eigenvalue weighted by Gasteiger charge is -2.26. The maximum atomic E-state index is 12.8. The summed E-state index contributed by atoms with van der Waals surface area (Å²) >= 11 is 1.50. The minimum absolute atomic E-state index is 0. The number of benzene rings is 2. The number of hydrogen-bond donors (Lipinski definition) is 1. The molecule has 1 aromatic heterocycles. The number of halogens is 1. The molecule has 0 aliphatic carbocycles. The fraction of sp³-hybridized carbons (Fsp3) is 0.217. The second kappa shape index (κ2) is 8.98. The van der Waals surface area contributed by atoms with Gasteiger partial charge in [0.1, 0.15) is 11.1 Å². The van der Waals surface area contributed by atoms with Gasteiger partial charge in [0.25, 0.3) is 5.91 Å². The molecule has 0 unspecified atom stereocenters. The van der Waals surface area contributed by atoms with Gasteiger partial charge in [-0.2, -0.15) is 5.26 Å². The van der Waals surface area contributed by atoms with Crippen molar-refractivity contribution in [1.82, 2.24) is 4.90 Å². The highest BCUT2D eigenvalue weighted by atomic mass is 35.5. The second-order valence-electron chi connectivity index (χ2n) is 7.29. The molecule has 158 valence electrons. The zero-order chi connectivity index (χ0) is 20.5. The molecule has 6 nitrogen and oxygen atoms in total. The third kappa shape index (κ3) is 4.23. The minimum atomic E-state index is -0.260. The quantitative estimate of drug-likeness (QED) is 0.625. The van der Waals surface area contributed by atoms with Crippen molar-refractivity contribution in [2.24, 2.45) is 0 Å². The van der Waals surface area contributed by atoms with E-state index in [1.807, 2.05) is 18.2 Å². The van der Waals surface area contributed by atoms with Gasteiger partial charge in [0.15, 0.2) is 11.5 Å². The normalized spacial score (nSPS) is 14.3. The molecule has 1 amide bonds.